The minimum absolute atomic E-state index is 0.131. The van der Waals surface area contributed by atoms with E-state index in [4.69, 9.17) is 4.84 Å². The second-order valence-corrected chi connectivity index (χ2v) is 7.18. The maximum atomic E-state index is 10.3. The number of nitrogens with one attached hydrogen (secondary N) is 1. The zero-order valence-corrected chi connectivity index (χ0v) is 16.1. The molecule has 0 saturated heterocycles. The second kappa shape index (κ2) is 7.87. The van der Waals surface area contributed by atoms with E-state index in [2.05, 4.69) is 60.7 Å². The van der Waals surface area contributed by atoms with Gasteiger partial charge in [-0.1, -0.05) is 71.4 Å². The van der Waals surface area contributed by atoms with E-state index < -0.39 is 6.10 Å². The summed E-state index contributed by atoms with van der Waals surface area (Å²) in [5, 5.41) is 17.9. The molecule has 3 aromatic carbocycles. The first-order valence-corrected chi connectivity index (χ1v) is 9.52. The smallest absolute Gasteiger partial charge is 0.144 e. The Bertz CT molecular complexity index is 979. The Morgan fingerprint density at radius 1 is 0.893 bits per heavy atom. The van der Waals surface area contributed by atoms with E-state index in [0.717, 1.165) is 39.2 Å². The van der Waals surface area contributed by atoms with E-state index in [0.29, 0.717) is 6.54 Å². The fourth-order valence-electron chi connectivity index (χ4n) is 3.58. The van der Waals surface area contributed by atoms with Gasteiger partial charge >= 0.3 is 0 Å². The second-order valence-electron chi connectivity index (χ2n) is 7.18. The molecule has 1 unspecified atom stereocenters. The van der Waals surface area contributed by atoms with Gasteiger partial charge in [0.15, 0.2) is 0 Å². The molecule has 0 fully saturated rings. The van der Waals surface area contributed by atoms with Gasteiger partial charge in [0.05, 0.1) is 0 Å². The summed E-state index contributed by atoms with van der Waals surface area (Å²) in [5.74, 6) is 0. The number of hydrogen-bond donors (Lipinski definition) is 2. The molecule has 1 atom stereocenters. The Hall–Kier alpha value is -3.11. The van der Waals surface area contributed by atoms with Crippen LogP contribution < -0.4 is 5.32 Å². The Kier molecular flexibility index (Phi) is 5.13. The van der Waals surface area contributed by atoms with Crippen molar-refractivity contribution >= 4 is 11.4 Å². The molecule has 2 N–H and O–H groups in total. The van der Waals surface area contributed by atoms with Gasteiger partial charge in [0.2, 0.25) is 0 Å². The quantitative estimate of drug-likeness (QED) is 0.489. The molecule has 4 heteroatoms. The Morgan fingerprint density at radius 3 is 2.11 bits per heavy atom. The lowest BCUT2D eigenvalue weighted by Crippen LogP contribution is -2.24. The molecule has 28 heavy (non-hydrogen) atoms. The summed E-state index contributed by atoms with van der Waals surface area (Å²) >= 11 is 0. The summed E-state index contributed by atoms with van der Waals surface area (Å²) in [7, 11) is 0. The van der Waals surface area contributed by atoms with Gasteiger partial charge in [0.1, 0.15) is 18.4 Å². The van der Waals surface area contributed by atoms with E-state index in [1.54, 1.807) is 0 Å². The van der Waals surface area contributed by atoms with E-state index in [1.807, 2.05) is 30.3 Å². The van der Waals surface area contributed by atoms with Crippen LogP contribution in [-0.2, 0) is 4.84 Å². The molecule has 0 spiro atoms. The molecule has 0 aromatic heterocycles. The van der Waals surface area contributed by atoms with Gasteiger partial charge in [-0.25, -0.2) is 0 Å². The van der Waals surface area contributed by atoms with E-state index in [-0.39, 0.29) is 6.61 Å². The molecule has 0 aliphatic heterocycles. The van der Waals surface area contributed by atoms with Crippen molar-refractivity contribution in [3.63, 3.8) is 0 Å². The molecule has 3 aromatic rings. The normalized spacial score (nSPS) is 12.9. The lowest BCUT2D eigenvalue weighted by molar-refractivity contribution is 0.0472. The van der Waals surface area contributed by atoms with Crippen LogP contribution in [-0.4, -0.2) is 30.1 Å². The summed E-state index contributed by atoms with van der Waals surface area (Å²) in [5.41, 5.74) is 8.68. The van der Waals surface area contributed by atoms with Gasteiger partial charge in [-0.05, 0) is 36.6 Å². The Morgan fingerprint density at radius 2 is 1.50 bits per heavy atom. The highest BCUT2D eigenvalue weighted by molar-refractivity contribution is 6.24. The molecule has 0 saturated carbocycles. The number of rotatable bonds is 6. The number of nitrogens with zero attached hydrogens (tertiary/aromatic N) is 1. The zero-order chi connectivity index (χ0) is 19.5. The van der Waals surface area contributed by atoms with Crippen molar-refractivity contribution in [2.45, 2.75) is 20.0 Å². The van der Waals surface area contributed by atoms with Crippen LogP contribution in [0.2, 0.25) is 0 Å². The molecule has 1 aliphatic rings. The first-order valence-electron chi connectivity index (χ1n) is 9.52. The Balaban J connectivity index is 1.41. The molecule has 0 bridgehead atoms. The molecule has 0 heterocycles. The monoisotopic (exact) mass is 372 g/mol. The first-order chi connectivity index (χ1) is 13.6. The third kappa shape index (κ3) is 3.64. The number of benzene rings is 3. The van der Waals surface area contributed by atoms with Crippen LogP contribution in [0.1, 0.15) is 22.3 Å². The highest BCUT2D eigenvalue weighted by Gasteiger charge is 2.24. The first kappa shape index (κ1) is 18.3. The molecular weight excluding hydrogens is 348 g/mol. The van der Waals surface area contributed by atoms with Crippen LogP contribution in [0.3, 0.4) is 0 Å². The molecule has 0 radical (unpaired) electrons. The molecule has 4 rings (SSSR count). The van der Waals surface area contributed by atoms with Crippen molar-refractivity contribution in [2.75, 3.05) is 18.5 Å². The number of oxime groups is 1. The van der Waals surface area contributed by atoms with Crippen molar-refractivity contribution in [2.24, 2.45) is 5.16 Å². The van der Waals surface area contributed by atoms with Crippen LogP contribution >= 0.6 is 0 Å². The third-order valence-electron chi connectivity index (χ3n) is 4.99. The van der Waals surface area contributed by atoms with E-state index in [9.17, 15) is 5.11 Å². The number of anilines is 1. The maximum absolute atomic E-state index is 10.3. The third-order valence-corrected chi connectivity index (χ3v) is 4.99. The fraction of sp³-hybridized carbons (Fsp3) is 0.208. The van der Waals surface area contributed by atoms with Gasteiger partial charge in [-0.3, -0.25) is 0 Å². The lowest BCUT2D eigenvalue weighted by Gasteiger charge is -2.14. The summed E-state index contributed by atoms with van der Waals surface area (Å²) in [4.78, 5) is 5.53. The predicted molar refractivity (Wildman–Crippen MR) is 114 cm³/mol. The number of aryl methyl sites for hydroxylation is 2. The van der Waals surface area contributed by atoms with Crippen LogP contribution in [0, 0.1) is 13.8 Å². The van der Waals surface area contributed by atoms with Crippen LogP contribution in [0.4, 0.5) is 5.69 Å². The van der Waals surface area contributed by atoms with Gasteiger partial charge in [-0.15, -0.1) is 0 Å². The molecule has 0 amide bonds. The minimum atomic E-state index is -0.656. The van der Waals surface area contributed by atoms with Crippen molar-refractivity contribution in [3.05, 3.63) is 89.0 Å². The Labute approximate surface area is 165 Å². The van der Waals surface area contributed by atoms with Crippen molar-refractivity contribution in [1.82, 2.24) is 0 Å². The van der Waals surface area contributed by atoms with Crippen molar-refractivity contribution in [1.29, 1.82) is 0 Å². The predicted octanol–water partition coefficient (Wildman–Crippen LogP) is 4.53. The van der Waals surface area contributed by atoms with E-state index in [1.165, 1.54) is 5.56 Å². The van der Waals surface area contributed by atoms with Crippen LogP contribution in [0.25, 0.3) is 11.1 Å². The molecular formula is C24H24N2O2. The zero-order valence-electron chi connectivity index (χ0n) is 16.1. The molecule has 142 valence electrons. The van der Waals surface area contributed by atoms with Crippen LogP contribution in [0.15, 0.2) is 71.9 Å². The maximum Gasteiger partial charge on any atom is 0.144 e. The largest absolute Gasteiger partial charge is 0.392 e. The fourth-order valence-corrected chi connectivity index (χ4v) is 3.58. The minimum Gasteiger partial charge on any atom is -0.392 e. The van der Waals surface area contributed by atoms with Gasteiger partial charge in [0, 0.05) is 23.4 Å². The number of hydrogen-bond acceptors (Lipinski definition) is 4. The summed E-state index contributed by atoms with van der Waals surface area (Å²) in [6.45, 7) is 4.66. The summed E-state index contributed by atoms with van der Waals surface area (Å²) in [6, 6.07) is 22.6. The summed E-state index contributed by atoms with van der Waals surface area (Å²) < 4.78 is 0. The summed E-state index contributed by atoms with van der Waals surface area (Å²) in [6.07, 6.45) is -0.656. The van der Waals surface area contributed by atoms with E-state index >= 15 is 0 Å². The van der Waals surface area contributed by atoms with Crippen molar-refractivity contribution in [3.8, 4) is 11.1 Å². The topological polar surface area (TPSA) is 53.8 Å². The average Bonchev–Trinajstić information content (AvgIpc) is 3.02. The molecule has 1 aliphatic carbocycles. The van der Waals surface area contributed by atoms with Gasteiger partial charge in [0.25, 0.3) is 0 Å². The standard InChI is InChI=1S/C24H24N2O2/c1-16-11-12-23(17(2)13-16)25-14-18(27)15-28-26-24-21-9-5-3-7-19(21)20-8-4-6-10-22(20)24/h3-13,18,25,27H,14-15H2,1-2H3. The van der Waals surface area contributed by atoms with Crippen LogP contribution in [0.5, 0.6) is 0 Å². The lowest BCUT2D eigenvalue weighted by atomic mass is 10.1. The highest BCUT2D eigenvalue weighted by Crippen LogP contribution is 2.36. The highest BCUT2D eigenvalue weighted by atomic mass is 16.6. The average molecular weight is 372 g/mol. The van der Waals surface area contributed by atoms with Gasteiger partial charge < -0.3 is 15.3 Å². The van der Waals surface area contributed by atoms with Crippen molar-refractivity contribution < 1.29 is 9.94 Å². The molecule has 4 nitrogen and oxygen atoms in total. The van der Waals surface area contributed by atoms with Gasteiger partial charge in [-0.2, -0.15) is 0 Å². The number of aliphatic hydroxyl groups is 1. The number of aliphatic hydroxyl groups excluding tert-OH is 1. The number of fused-ring (bicyclic) bond motifs is 3. The SMILES string of the molecule is Cc1ccc(NCC(O)CON=C2c3ccccc3-c3ccccc32)c(C)c1.